The summed E-state index contributed by atoms with van der Waals surface area (Å²) in [6.07, 6.45) is 3.92. The van der Waals surface area contributed by atoms with E-state index in [0.29, 0.717) is 5.56 Å². The molecule has 0 bridgehead atoms. The van der Waals surface area contributed by atoms with Crippen LogP contribution in [0.4, 0.5) is 0 Å². The third kappa shape index (κ3) is 18.8. The molecule has 11 nitrogen and oxygen atoms in total. The van der Waals surface area contributed by atoms with Gasteiger partial charge in [0.25, 0.3) is 10.1 Å². The molecule has 0 unspecified atom stereocenters. The van der Waals surface area contributed by atoms with Crippen molar-refractivity contribution in [1.29, 1.82) is 0 Å². The van der Waals surface area contributed by atoms with Gasteiger partial charge in [-0.3, -0.25) is 4.18 Å². The van der Waals surface area contributed by atoms with Gasteiger partial charge in [0.1, 0.15) is 0 Å². The Labute approximate surface area is 204 Å². The summed E-state index contributed by atoms with van der Waals surface area (Å²) in [5.41, 5.74) is 2.38. The molecule has 2 rings (SSSR count). The number of aromatic amines is 1. The van der Waals surface area contributed by atoms with Crippen molar-refractivity contribution < 1.29 is 37.3 Å². The van der Waals surface area contributed by atoms with Gasteiger partial charge in [-0.1, -0.05) is 6.07 Å². The Morgan fingerprint density at radius 1 is 1.15 bits per heavy atom. The van der Waals surface area contributed by atoms with Gasteiger partial charge in [-0.25, -0.2) is 21.6 Å². The summed E-state index contributed by atoms with van der Waals surface area (Å²) in [5, 5.41) is 7.86. The summed E-state index contributed by atoms with van der Waals surface area (Å²) < 4.78 is 83.9. The number of aliphatic hydroxyl groups is 1. The normalized spacial score (nSPS) is 12.9. The summed E-state index contributed by atoms with van der Waals surface area (Å²) in [7, 11) is 1.72. The van der Waals surface area contributed by atoms with E-state index in [1.165, 1.54) is 11.9 Å². The van der Waals surface area contributed by atoms with Crippen molar-refractivity contribution in [2.45, 2.75) is 12.2 Å². The lowest BCUT2D eigenvalue weighted by Crippen LogP contribution is -2.20. The van der Waals surface area contributed by atoms with Crippen molar-refractivity contribution in [3.05, 3.63) is 35.5 Å². The fourth-order valence-electron chi connectivity index (χ4n) is 2.00. The lowest BCUT2D eigenvalue weighted by molar-refractivity contribution is 0.399. The molecule has 0 fully saturated rings. The molecule has 0 atom stereocenters. The second-order valence-electron chi connectivity index (χ2n) is 6.44. The Hall–Kier alpha value is -1.26. The molecule has 0 spiro atoms. The van der Waals surface area contributed by atoms with E-state index in [0.717, 1.165) is 43.2 Å². The molecule has 0 radical (unpaired) electrons. The van der Waals surface area contributed by atoms with Crippen molar-refractivity contribution >= 4 is 50.8 Å². The van der Waals surface area contributed by atoms with Gasteiger partial charge in [0, 0.05) is 44.1 Å². The van der Waals surface area contributed by atoms with Crippen LogP contribution in [0.3, 0.4) is 0 Å². The third-order valence-electron chi connectivity index (χ3n) is 3.39. The van der Waals surface area contributed by atoms with Gasteiger partial charge in [-0.2, -0.15) is 8.42 Å². The largest absolute Gasteiger partial charge is 0.400 e. The number of nitrogens with zero attached hydrogens (tertiary/aromatic N) is 1. The smallest absolute Gasteiger partial charge is 0.264 e. The van der Waals surface area contributed by atoms with E-state index in [1.54, 1.807) is 26.4 Å². The topological polar surface area (TPSA) is 163 Å². The molecule has 0 aliphatic heterocycles. The van der Waals surface area contributed by atoms with E-state index < -0.39 is 35.7 Å². The molecule has 0 saturated heterocycles. The first kappa shape index (κ1) is 29.8. The van der Waals surface area contributed by atoms with E-state index in [-0.39, 0.29) is 12.2 Å². The van der Waals surface area contributed by atoms with Crippen LogP contribution in [0.1, 0.15) is 13.9 Å². The Bertz CT molecular complexity index is 1220. The minimum absolute atomic E-state index is 0.0926. The average Bonchev–Trinajstić information content (AvgIpc) is 3.09. The van der Waals surface area contributed by atoms with Crippen LogP contribution < -0.4 is 4.72 Å². The Balaban J connectivity index is 0. The summed E-state index contributed by atoms with van der Waals surface area (Å²) in [6, 6.07) is 5.39. The van der Waals surface area contributed by atoms with Crippen LogP contribution in [0.5, 0.6) is 0 Å². The molecule has 1 aromatic carbocycles. The Morgan fingerprint density at radius 3 is 2.03 bits per heavy atom. The highest BCUT2D eigenvalue weighted by Crippen LogP contribution is 2.21. The van der Waals surface area contributed by atoms with Gasteiger partial charge in [-0.05, 0) is 50.8 Å². The van der Waals surface area contributed by atoms with Crippen LogP contribution >= 0.6 is 10.7 Å². The molecule has 1 aromatic heterocycles. The van der Waals surface area contributed by atoms with Gasteiger partial charge >= 0.3 is 0 Å². The molecular weight excluding hydrogens is 518 g/mol. The summed E-state index contributed by atoms with van der Waals surface area (Å²) in [4.78, 5) is 4.63. The standard InChI is InChI=1S/C14H21N3O2S.C2H6O3S.CH3ClO2S.CH4O/c1-15-20(18,19)10-11-4-5-14-13(8-11)12(9-16-14)6-7-17(2)3;1-5-6(2,3)4;1-5(2,3)4;1-2/h4-5,8-9,15-16H,6-7,10H2,1-3H3;1-2H3;1H3;2H,1H3/i7D2;;;. The number of aryl methyl sites for hydroxylation is 1. The maximum atomic E-state index is 11.7. The number of benzene rings is 1. The number of hydrogen-bond donors (Lipinski definition) is 3. The number of likely N-dealkylation sites (N-methyl/N-ethyl adjacent to an activating group) is 1. The van der Waals surface area contributed by atoms with Crippen molar-refractivity contribution in [3.63, 3.8) is 0 Å². The molecule has 0 aliphatic carbocycles. The first-order valence-electron chi connectivity index (χ1n) is 9.98. The van der Waals surface area contributed by atoms with E-state index in [9.17, 15) is 25.3 Å². The molecule has 33 heavy (non-hydrogen) atoms. The second kappa shape index (κ2) is 15.6. The predicted molar refractivity (Wildman–Crippen MR) is 133 cm³/mol. The lowest BCUT2D eigenvalue weighted by Gasteiger charge is -2.08. The molecule has 2 aromatic rings. The second-order valence-corrected chi connectivity index (χ2v) is 13.2. The molecule has 0 saturated carbocycles. The molecule has 1 heterocycles. The van der Waals surface area contributed by atoms with E-state index >= 15 is 0 Å². The highest BCUT2D eigenvalue weighted by molar-refractivity contribution is 8.13. The van der Waals surface area contributed by atoms with Gasteiger partial charge in [-0.15, -0.1) is 0 Å². The van der Waals surface area contributed by atoms with E-state index in [4.69, 9.17) is 7.85 Å². The molecule has 194 valence electrons. The minimum Gasteiger partial charge on any atom is -0.400 e. The Kier molecular flexibility index (Phi) is 14.1. The number of nitrogens with one attached hydrogen (secondary N) is 2. The molecule has 0 aliphatic rings. The number of aromatic nitrogens is 1. The summed E-state index contributed by atoms with van der Waals surface area (Å²) in [5.74, 6) is -0.0926. The van der Waals surface area contributed by atoms with E-state index in [2.05, 4.69) is 24.6 Å². The zero-order valence-corrected chi connectivity index (χ0v) is 22.8. The fourth-order valence-corrected chi connectivity index (χ4v) is 2.76. The molecule has 0 amide bonds. The summed E-state index contributed by atoms with van der Waals surface area (Å²) in [6.45, 7) is -1.47. The van der Waals surface area contributed by atoms with Crippen molar-refractivity contribution in [3.8, 4) is 0 Å². The average molecular weight is 554 g/mol. The first-order chi connectivity index (χ1) is 15.7. The number of hydrogen-bond acceptors (Lipinski definition) is 9. The van der Waals surface area contributed by atoms with Gasteiger partial charge in [0.15, 0.2) is 0 Å². The summed E-state index contributed by atoms with van der Waals surface area (Å²) >= 11 is 0. The van der Waals surface area contributed by atoms with E-state index in [1.807, 2.05) is 12.1 Å². The first-order valence-corrected chi connectivity index (χ1v) is 15.2. The number of halogens is 1. The maximum Gasteiger partial charge on any atom is 0.264 e. The predicted octanol–water partition coefficient (Wildman–Crippen LogP) is 0.707. The zero-order chi connectivity index (χ0) is 28.3. The van der Waals surface area contributed by atoms with Crippen LogP contribution in [0.25, 0.3) is 10.9 Å². The third-order valence-corrected chi connectivity index (χ3v) is 5.33. The fraction of sp³-hybridized carbons (Fsp3) is 0.556. The van der Waals surface area contributed by atoms with Crippen LogP contribution in [-0.4, -0.2) is 94.6 Å². The van der Waals surface area contributed by atoms with Crippen LogP contribution in [0, 0.1) is 0 Å². The number of rotatable bonds is 7. The molecule has 3 N–H and O–H groups in total. The van der Waals surface area contributed by atoms with Crippen LogP contribution in [0.15, 0.2) is 24.4 Å². The zero-order valence-electron chi connectivity index (χ0n) is 21.6. The minimum atomic E-state index is -3.33. The monoisotopic (exact) mass is 553 g/mol. The molecular formula is C18H34ClN3O8S3. The highest BCUT2D eigenvalue weighted by Gasteiger charge is 2.11. The SMILES string of the molecule is CO.COS(C)(=O)=O.CS(=O)(=O)Cl.[2H]C([2H])(Cc1c[nH]c2ccc(CS(=O)(=O)NC)cc12)N(C)C. The van der Waals surface area contributed by atoms with Gasteiger partial charge in [0.05, 0.1) is 25.4 Å². The number of H-pyrrole nitrogens is 1. The Morgan fingerprint density at radius 2 is 1.64 bits per heavy atom. The number of aliphatic hydroxyl groups excluding tert-OH is 1. The van der Waals surface area contributed by atoms with Gasteiger partial charge < -0.3 is 15.0 Å². The maximum absolute atomic E-state index is 11.7. The van der Waals surface area contributed by atoms with Crippen LogP contribution in [-0.2, 0) is 45.5 Å². The lowest BCUT2D eigenvalue weighted by atomic mass is 10.1. The highest BCUT2D eigenvalue weighted by atomic mass is 35.7. The van der Waals surface area contributed by atoms with Crippen molar-refractivity contribution in [2.75, 3.05) is 54.4 Å². The number of sulfonamides is 1. The molecule has 15 heteroatoms. The quantitative estimate of drug-likeness (QED) is 0.331. The van der Waals surface area contributed by atoms with Gasteiger partial charge in [0.2, 0.25) is 19.1 Å². The number of fused-ring (bicyclic) bond motifs is 1. The van der Waals surface area contributed by atoms with Crippen molar-refractivity contribution in [1.82, 2.24) is 14.6 Å². The van der Waals surface area contributed by atoms with Crippen molar-refractivity contribution in [2.24, 2.45) is 0 Å². The van der Waals surface area contributed by atoms with Crippen LogP contribution in [0.2, 0.25) is 0 Å².